The van der Waals surface area contributed by atoms with Crippen LogP contribution in [0.5, 0.6) is 0 Å². The lowest BCUT2D eigenvalue weighted by atomic mass is 9.92. The second-order valence-corrected chi connectivity index (χ2v) is 6.42. The van der Waals surface area contributed by atoms with Crippen molar-refractivity contribution in [1.29, 1.82) is 0 Å². The van der Waals surface area contributed by atoms with E-state index < -0.39 is 0 Å². The Hall–Kier alpha value is -1.17. The van der Waals surface area contributed by atoms with Crippen LogP contribution in [0.1, 0.15) is 25.5 Å². The van der Waals surface area contributed by atoms with Crippen LogP contribution in [0.4, 0.5) is 0 Å². The molecule has 1 fully saturated rings. The van der Waals surface area contributed by atoms with E-state index >= 15 is 0 Å². The minimum atomic E-state index is -0.186. The van der Waals surface area contributed by atoms with Crippen LogP contribution in [-0.4, -0.2) is 34.2 Å². The van der Waals surface area contributed by atoms with Crippen LogP contribution in [0.15, 0.2) is 28.2 Å². The highest BCUT2D eigenvalue weighted by atomic mass is 32.1. The van der Waals surface area contributed by atoms with Gasteiger partial charge in [0, 0.05) is 6.54 Å². The summed E-state index contributed by atoms with van der Waals surface area (Å²) in [7, 11) is 0. The van der Waals surface area contributed by atoms with E-state index in [9.17, 15) is 5.11 Å². The number of aromatic nitrogens is 1. The first-order valence-corrected chi connectivity index (χ1v) is 7.99. The van der Waals surface area contributed by atoms with Crippen molar-refractivity contribution in [2.75, 3.05) is 13.1 Å². The van der Waals surface area contributed by atoms with E-state index in [4.69, 9.17) is 4.42 Å². The molecule has 0 aromatic carbocycles. The number of nitrogens with zero attached hydrogens (tertiary/aromatic N) is 2. The molecule has 1 aliphatic heterocycles. The quantitative estimate of drug-likeness (QED) is 0.941. The van der Waals surface area contributed by atoms with Gasteiger partial charge in [-0.1, -0.05) is 6.07 Å². The molecule has 1 N–H and O–H groups in total. The van der Waals surface area contributed by atoms with E-state index in [-0.39, 0.29) is 6.10 Å². The molecular formula is C15H20N2O2S. The third-order valence-corrected chi connectivity index (χ3v) is 4.84. The van der Waals surface area contributed by atoms with Crippen molar-refractivity contribution in [3.63, 3.8) is 0 Å². The number of piperidine rings is 1. The summed E-state index contributed by atoms with van der Waals surface area (Å²) in [5.41, 5.74) is 0.990. The van der Waals surface area contributed by atoms with Gasteiger partial charge in [0.2, 0.25) is 5.89 Å². The van der Waals surface area contributed by atoms with Gasteiger partial charge in [-0.05, 0) is 50.2 Å². The molecule has 5 heteroatoms. The Morgan fingerprint density at radius 2 is 2.30 bits per heavy atom. The van der Waals surface area contributed by atoms with Crippen molar-refractivity contribution in [2.24, 2.45) is 5.92 Å². The normalized spacial score (nSPS) is 19.3. The lowest BCUT2D eigenvalue weighted by molar-refractivity contribution is 0.0691. The second-order valence-electron chi connectivity index (χ2n) is 5.48. The van der Waals surface area contributed by atoms with E-state index in [1.165, 1.54) is 0 Å². The summed E-state index contributed by atoms with van der Waals surface area (Å²) in [5, 5.41) is 11.6. The van der Waals surface area contributed by atoms with Crippen LogP contribution in [0.2, 0.25) is 0 Å². The first-order valence-electron chi connectivity index (χ1n) is 7.11. The molecule has 0 bridgehead atoms. The van der Waals surface area contributed by atoms with Gasteiger partial charge >= 0.3 is 0 Å². The summed E-state index contributed by atoms with van der Waals surface area (Å²) < 4.78 is 5.54. The Morgan fingerprint density at radius 1 is 1.50 bits per heavy atom. The lowest BCUT2D eigenvalue weighted by Crippen LogP contribution is -2.36. The highest BCUT2D eigenvalue weighted by molar-refractivity contribution is 7.13. The fourth-order valence-corrected chi connectivity index (χ4v) is 3.37. The Labute approximate surface area is 123 Å². The zero-order valence-corrected chi connectivity index (χ0v) is 12.5. The maximum Gasteiger partial charge on any atom is 0.236 e. The molecule has 1 aliphatic rings. The molecular weight excluding hydrogens is 272 g/mol. The number of aliphatic hydroxyl groups excluding tert-OH is 1. The van der Waals surface area contributed by atoms with Crippen LogP contribution in [0.3, 0.4) is 0 Å². The van der Waals surface area contributed by atoms with E-state index in [0.717, 1.165) is 43.0 Å². The molecule has 0 amide bonds. The van der Waals surface area contributed by atoms with Crippen molar-refractivity contribution in [1.82, 2.24) is 9.88 Å². The zero-order valence-electron chi connectivity index (χ0n) is 11.7. The molecule has 108 valence electrons. The molecule has 2 aromatic heterocycles. The largest absolute Gasteiger partial charge is 0.444 e. The summed E-state index contributed by atoms with van der Waals surface area (Å²) in [5.74, 6) is 1.17. The third-order valence-electron chi connectivity index (χ3n) is 3.98. The van der Waals surface area contributed by atoms with Gasteiger partial charge in [-0.2, -0.15) is 0 Å². The molecule has 1 saturated heterocycles. The molecule has 0 radical (unpaired) electrons. The molecule has 4 nitrogen and oxygen atoms in total. The molecule has 1 unspecified atom stereocenters. The van der Waals surface area contributed by atoms with Crippen LogP contribution in [0.25, 0.3) is 10.8 Å². The molecule has 0 spiro atoms. The Balaban J connectivity index is 1.57. The summed E-state index contributed by atoms with van der Waals surface area (Å²) in [6, 6.07) is 4.03. The van der Waals surface area contributed by atoms with Gasteiger partial charge in [-0.15, -0.1) is 11.3 Å². The average Bonchev–Trinajstić information content (AvgIpc) is 3.09. The van der Waals surface area contributed by atoms with Gasteiger partial charge in [0.1, 0.15) is 6.26 Å². The van der Waals surface area contributed by atoms with Crippen molar-refractivity contribution >= 4 is 11.3 Å². The minimum absolute atomic E-state index is 0.186. The molecule has 0 saturated carbocycles. The fraction of sp³-hybridized carbons (Fsp3) is 0.533. The Kier molecular flexibility index (Phi) is 4.19. The van der Waals surface area contributed by atoms with Gasteiger partial charge in [0.25, 0.3) is 0 Å². The van der Waals surface area contributed by atoms with Gasteiger partial charge in [-0.25, -0.2) is 4.98 Å². The molecule has 20 heavy (non-hydrogen) atoms. The van der Waals surface area contributed by atoms with Crippen molar-refractivity contribution in [3.8, 4) is 10.8 Å². The molecule has 3 rings (SSSR count). The predicted octanol–water partition coefficient (Wildman–Crippen LogP) is 3.00. The van der Waals surface area contributed by atoms with E-state index in [0.29, 0.717) is 11.8 Å². The number of aliphatic hydroxyl groups is 1. The molecule has 2 aromatic rings. The molecule has 3 heterocycles. The van der Waals surface area contributed by atoms with Gasteiger partial charge in [-0.3, -0.25) is 4.90 Å². The number of likely N-dealkylation sites (tertiary alicyclic amines) is 1. The minimum Gasteiger partial charge on any atom is -0.444 e. The SMILES string of the molecule is CC(O)C1CCN(Cc2coc(-c3cccs3)n2)CC1. The average molecular weight is 292 g/mol. The Bertz CT molecular complexity index is 528. The first-order chi connectivity index (χ1) is 9.72. The van der Waals surface area contributed by atoms with E-state index in [1.54, 1.807) is 17.6 Å². The summed E-state index contributed by atoms with van der Waals surface area (Å²) in [6.45, 7) is 4.78. The third kappa shape index (κ3) is 3.11. The summed E-state index contributed by atoms with van der Waals surface area (Å²) in [4.78, 5) is 8.01. The second kappa shape index (κ2) is 6.08. The predicted molar refractivity (Wildman–Crippen MR) is 79.5 cm³/mol. The van der Waals surface area contributed by atoms with Crippen molar-refractivity contribution < 1.29 is 9.52 Å². The number of hydrogen-bond acceptors (Lipinski definition) is 5. The lowest BCUT2D eigenvalue weighted by Gasteiger charge is -2.32. The van der Waals surface area contributed by atoms with Crippen LogP contribution in [0, 0.1) is 5.92 Å². The number of hydrogen-bond donors (Lipinski definition) is 1. The van der Waals surface area contributed by atoms with Gasteiger partial charge in [0.05, 0.1) is 16.7 Å². The monoisotopic (exact) mass is 292 g/mol. The maximum absolute atomic E-state index is 9.62. The summed E-state index contributed by atoms with van der Waals surface area (Å²) >= 11 is 1.64. The topological polar surface area (TPSA) is 49.5 Å². The molecule has 1 atom stereocenters. The fourth-order valence-electron chi connectivity index (χ4n) is 2.72. The highest BCUT2D eigenvalue weighted by Crippen LogP contribution is 2.25. The maximum atomic E-state index is 9.62. The number of oxazole rings is 1. The van der Waals surface area contributed by atoms with E-state index in [2.05, 4.69) is 9.88 Å². The van der Waals surface area contributed by atoms with Crippen LogP contribution < -0.4 is 0 Å². The van der Waals surface area contributed by atoms with Gasteiger partial charge < -0.3 is 9.52 Å². The smallest absolute Gasteiger partial charge is 0.236 e. The Morgan fingerprint density at radius 3 is 2.95 bits per heavy atom. The number of rotatable bonds is 4. The van der Waals surface area contributed by atoms with Crippen molar-refractivity contribution in [3.05, 3.63) is 29.5 Å². The van der Waals surface area contributed by atoms with Gasteiger partial charge in [0.15, 0.2) is 0 Å². The number of thiophene rings is 1. The van der Waals surface area contributed by atoms with Crippen molar-refractivity contribution in [2.45, 2.75) is 32.4 Å². The van der Waals surface area contributed by atoms with Crippen LogP contribution in [-0.2, 0) is 6.54 Å². The first kappa shape index (κ1) is 13.8. The van der Waals surface area contributed by atoms with Crippen LogP contribution >= 0.6 is 11.3 Å². The standard InChI is InChI=1S/C15H20N2O2S/c1-11(18)12-4-6-17(7-5-12)9-13-10-19-15(16-13)14-3-2-8-20-14/h2-3,8,10-12,18H,4-7,9H2,1H3. The summed E-state index contributed by atoms with van der Waals surface area (Å²) in [6.07, 6.45) is 3.70. The zero-order chi connectivity index (χ0) is 13.9. The molecule has 0 aliphatic carbocycles. The highest BCUT2D eigenvalue weighted by Gasteiger charge is 2.23. The van der Waals surface area contributed by atoms with E-state index in [1.807, 2.05) is 24.4 Å².